The highest BCUT2D eigenvalue weighted by molar-refractivity contribution is 6.10. The second-order valence-corrected chi connectivity index (χ2v) is 8.34. The maximum atomic E-state index is 13.0. The first kappa shape index (κ1) is 16.0. The molecule has 3 amide bonds. The van der Waals surface area contributed by atoms with Gasteiger partial charge in [0, 0.05) is 11.6 Å². The number of anilines is 1. The van der Waals surface area contributed by atoms with Crippen molar-refractivity contribution in [3.05, 3.63) is 48.7 Å². The summed E-state index contributed by atoms with van der Waals surface area (Å²) >= 11 is 0. The Hall–Kier alpha value is -3.02. The first-order valence-corrected chi connectivity index (χ1v) is 9.80. The predicted octanol–water partition coefficient (Wildman–Crippen LogP) is 2.23. The molecule has 5 aliphatic rings. The summed E-state index contributed by atoms with van der Waals surface area (Å²) in [6.45, 7) is -0.226. The Labute approximate surface area is 161 Å². The van der Waals surface area contributed by atoms with Gasteiger partial charge in [-0.2, -0.15) is 0 Å². The first-order chi connectivity index (χ1) is 13.6. The summed E-state index contributed by atoms with van der Waals surface area (Å²) in [6, 6.07) is 9.18. The van der Waals surface area contributed by atoms with E-state index in [1.807, 2.05) is 24.3 Å². The Kier molecular flexibility index (Phi) is 3.14. The molecule has 1 aromatic heterocycles. The molecule has 0 radical (unpaired) electrons. The Morgan fingerprint density at radius 1 is 1.04 bits per heavy atom. The van der Waals surface area contributed by atoms with Crippen molar-refractivity contribution in [2.45, 2.75) is 6.42 Å². The summed E-state index contributed by atoms with van der Waals surface area (Å²) in [4.78, 5) is 44.1. The molecule has 6 heteroatoms. The summed E-state index contributed by atoms with van der Waals surface area (Å²) in [5, 5.41) is 3.68. The molecule has 7 rings (SSSR count). The lowest BCUT2D eigenvalue weighted by Gasteiger charge is -2.37. The number of aromatic nitrogens is 1. The molecule has 2 aromatic rings. The van der Waals surface area contributed by atoms with Crippen molar-refractivity contribution in [1.29, 1.82) is 0 Å². The van der Waals surface area contributed by atoms with Crippen molar-refractivity contribution in [3.63, 3.8) is 0 Å². The van der Waals surface area contributed by atoms with E-state index >= 15 is 0 Å². The SMILES string of the molecule is O=C(CN1C(=O)[C@H]2[C@@H]3C=C[C@H]([C@H]4C[C@H]34)[C@@H]2C1=O)Nc1cccc2ncccc12. The highest BCUT2D eigenvalue weighted by atomic mass is 16.2. The molecule has 1 saturated heterocycles. The monoisotopic (exact) mass is 373 g/mol. The van der Waals surface area contributed by atoms with Gasteiger partial charge in [-0.15, -0.1) is 0 Å². The van der Waals surface area contributed by atoms with Crippen LogP contribution in [-0.4, -0.2) is 34.2 Å². The van der Waals surface area contributed by atoms with Gasteiger partial charge < -0.3 is 5.32 Å². The molecular weight excluding hydrogens is 354 g/mol. The van der Waals surface area contributed by atoms with Gasteiger partial charge in [-0.1, -0.05) is 18.2 Å². The molecule has 1 aliphatic heterocycles. The Morgan fingerprint density at radius 3 is 2.46 bits per heavy atom. The maximum absolute atomic E-state index is 13.0. The van der Waals surface area contributed by atoms with Gasteiger partial charge in [0.05, 0.1) is 23.0 Å². The lowest BCUT2D eigenvalue weighted by atomic mass is 9.63. The molecule has 6 atom stereocenters. The van der Waals surface area contributed by atoms with Gasteiger partial charge in [0.25, 0.3) is 0 Å². The molecule has 2 heterocycles. The predicted molar refractivity (Wildman–Crippen MR) is 102 cm³/mol. The van der Waals surface area contributed by atoms with Crippen LogP contribution < -0.4 is 5.32 Å². The van der Waals surface area contributed by atoms with Gasteiger partial charge in [0.15, 0.2) is 0 Å². The second-order valence-electron chi connectivity index (χ2n) is 8.34. The molecule has 1 N–H and O–H groups in total. The van der Waals surface area contributed by atoms with E-state index in [0.29, 0.717) is 17.5 Å². The summed E-state index contributed by atoms with van der Waals surface area (Å²) < 4.78 is 0. The van der Waals surface area contributed by atoms with Crippen molar-refractivity contribution in [2.24, 2.45) is 35.5 Å². The van der Waals surface area contributed by atoms with Crippen LogP contribution >= 0.6 is 0 Å². The molecule has 140 valence electrons. The third-order valence-electron chi connectivity index (χ3n) is 6.98. The van der Waals surface area contributed by atoms with Crippen LogP contribution in [0.2, 0.25) is 0 Å². The van der Waals surface area contributed by atoms with Gasteiger partial charge in [-0.05, 0) is 54.4 Å². The summed E-state index contributed by atoms with van der Waals surface area (Å²) in [7, 11) is 0. The number of pyridine rings is 1. The normalized spacial score (nSPS) is 34.5. The number of allylic oxidation sites excluding steroid dienone is 2. The fourth-order valence-corrected chi connectivity index (χ4v) is 5.72. The molecule has 3 fully saturated rings. The molecule has 1 aromatic carbocycles. The number of hydrogen-bond acceptors (Lipinski definition) is 4. The van der Waals surface area contributed by atoms with E-state index in [4.69, 9.17) is 0 Å². The highest BCUT2D eigenvalue weighted by Gasteiger charge is 2.67. The number of nitrogens with zero attached hydrogens (tertiary/aromatic N) is 2. The molecular formula is C22H19N3O3. The minimum absolute atomic E-state index is 0.172. The van der Waals surface area contributed by atoms with Crippen LogP contribution in [-0.2, 0) is 14.4 Å². The van der Waals surface area contributed by atoms with Gasteiger partial charge in [0.1, 0.15) is 6.54 Å². The van der Waals surface area contributed by atoms with Crippen LogP contribution in [0.25, 0.3) is 10.9 Å². The number of likely N-dealkylation sites (tertiary alicyclic amines) is 1. The van der Waals surface area contributed by atoms with E-state index < -0.39 is 0 Å². The van der Waals surface area contributed by atoms with Gasteiger partial charge in [-0.3, -0.25) is 24.3 Å². The molecule has 0 unspecified atom stereocenters. The standard InChI is InChI=1S/C22H19N3O3/c26-18(24-17-5-1-4-16-13(17)3-2-8-23-16)10-25-21(27)19-11-6-7-12(15-9-14(11)15)20(19)22(25)28/h1-8,11-12,14-15,19-20H,9-10H2,(H,24,26)/t11-,12-,14-,15-,19+,20+/m1/s1. The fourth-order valence-electron chi connectivity index (χ4n) is 5.72. The van der Waals surface area contributed by atoms with E-state index in [-0.39, 0.29) is 47.9 Å². The molecule has 0 spiro atoms. The first-order valence-electron chi connectivity index (χ1n) is 9.80. The lowest BCUT2D eigenvalue weighted by Crippen LogP contribution is -2.40. The summed E-state index contributed by atoms with van der Waals surface area (Å²) in [6.07, 6.45) is 7.10. The van der Waals surface area contributed by atoms with Crippen molar-refractivity contribution < 1.29 is 14.4 Å². The van der Waals surface area contributed by atoms with Gasteiger partial charge in [0.2, 0.25) is 17.7 Å². The van der Waals surface area contributed by atoms with Gasteiger partial charge >= 0.3 is 0 Å². The van der Waals surface area contributed by atoms with E-state index in [1.54, 1.807) is 12.3 Å². The average Bonchev–Trinajstić information content (AvgIpc) is 3.49. The summed E-state index contributed by atoms with van der Waals surface area (Å²) in [5.74, 6) is 0.241. The van der Waals surface area contributed by atoms with E-state index in [0.717, 1.165) is 17.3 Å². The molecule has 6 nitrogen and oxygen atoms in total. The minimum atomic E-state index is -0.359. The van der Waals surface area contributed by atoms with Crippen LogP contribution in [0.4, 0.5) is 5.69 Å². The second kappa shape index (κ2) is 5.50. The third kappa shape index (κ3) is 2.08. The number of carbonyl (C=O) groups is 3. The molecule has 28 heavy (non-hydrogen) atoms. The number of imide groups is 1. The number of fused-ring (bicyclic) bond motifs is 1. The number of amides is 3. The Balaban J connectivity index is 1.23. The zero-order valence-corrected chi connectivity index (χ0v) is 15.1. The van der Waals surface area contributed by atoms with E-state index in [1.165, 1.54) is 4.90 Å². The van der Waals surface area contributed by atoms with Crippen molar-refractivity contribution in [3.8, 4) is 0 Å². The van der Waals surface area contributed by atoms with Crippen LogP contribution in [0.15, 0.2) is 48.7 Å². The van der Waals surface area contributed by atoms with Gasteiger partial charge in [-0.25, -0.2) is 0 Å². The number of carbonyl (C=O) groups excluding carboxylic acids is 3. The number of nitrogens with one attached hydrogen (secondary N) is 1. The fraction of sp³-hybridized carbons (Fsp3) is 0.364. The lowest BCUT2D eigenvalue weighted by molar-refractivity contribution is -0.142. The Morgan fingerprint density at radius 2 is 1.75 bits per heavy atom. The Bertz CT molecular complexity index is 1040. The van der Waals surface area contributed by atoms with Crippen LogP contribution in [0.1, 0.15) is 6.42 Å². The quantitative estimate of drug-likeness (QED) is 0.661. The van der Waals surface area contributed by atoms with Crippen molar-refractivity contribution in [2.75, 3.05) is 11.9 Å². The smallest absolute Gasteiger partial charge is 0.244 e. The maximum Gasteiger partial charge on any atom is 0.244 e. The van der Waals surface area contributed by atoms with Crippen LogP contribution in [0.5, 0.6) is 0 Å². The largest absolute Gasteiger partial charge is 0.324 e. The molecule has 2 saturated carbocycles. The van der Waals surface area contributed by atoms with Crippen molar-refractivity contribution >= 4 is 34.3 Å². The highest BCUT2D eigenvalue weighted by Crippen LogP contribution is 2.65. The zero-order chi connectivity index (χ0) is 19.0. The summed E-state index contributed by atoms with van der Waals surface area (Å²) in [5.41, 5.74) is 1.41. The minimum Gasteiger partial charge on any atom is -0.324 e. The molecule has 4 aliphatic carbocycles. The van der Waals surface area contributed by atoms with Crippen LogP contribution in [0.3, 0.4) is 0 Å². The molecule has 2 bridgehead atoms. The number of hydrogen-bond donors (Lipinski definition) is 1. The zero-order valence-electron chi connectivity index (χ0n) is 15.1. The average molecular weight is 373 g/mol. The number of rotatable bonds is 3. The van der Waals surface area contributed by atoms with Crippen LogP contribution in [0, 0.1) is 35.5 Å². The van der Waals surface area contributed by atoms with E-state index in [2.05, 4.69) is 22.5 Å². The van der Waals surface area contributed by atoms with Crippen molar-refractivity contribution in [1.82, 2.24) is 9.88 Å². The topological polar surface area (TPSA) is 79.4 Å². The number of benzene rings is 1. The van der Waals surface area contributed by atoms with E-state index in [9.17, 15) is 14.4 Å². The third-order valence-corrected chi connectivity index (χ3v) is 6.98.